The Bertz CT molecular complexity index is 475. The molecule has 0 radical (unpaired) electrons. The van der Waals surface area contributed by atoms with Gasteiger partial charge in [0.15, 0.2) is 0 Å². The van der Waals surface area contributed by atoms with Gasteiger partial charge in [0, 0.05) is 18.5 Å². The summed E-state index contributed by atoms with van der Waals surface area (Å²) >= 11 is 0. The molecule has 1 rings (SSSR count). The Labute approximate surface area is 107 Å². The molecule has 0 saturated carbocycles. The minimum atomic E-state index is -0.383. The third-order valence-corrected chi connectivity index (χ3v) is 2.33. The first kappa shape index (κ1) is 14.0. The van der Waals surface area contributed by atoms with Crippen molar-refractivity contribution in [3.8, 4) is 17.6 Å². The Morgan fingerprint density at radius 3 is 2.89 bits per heavy atom. The lowest BCUT2D eigenvalue weighted by molar-refractivity contribution is 0.0953. The van der Waals surface area contributed by atoms with Crippen LogP contribution in [-0.2, 0) is 0 Å². The molecule has 0 saturated heterocycles. The monoisotopic (exact) mass is 247 g/mol. The molecule has 0 fully saturated rings. The van der Waals surface area contributed by atoms with Crippen molar-refractivity contribution in [2.45, 2.75) is 6.42 Å². The highest BCUT2D eigenvalue weighted by Gasteiger charge is 2.10. The van der Waals surface area contributed by atoms with Crippen molar-refractivity contribution in [3.63, 3.8) is 0 Å². The SMILES string of the molecule is CNCCC#Cc1ccc(OC)cc1C(=O)NN. The molecule has 18 heavy (non-hydrogen) atoms. The van der Waals surface area contributed by atoms with Gasteiger partial charge in [-0.25, -0.2) is 5.84 Å². The van der Waals surface area contributed by atoms with Crippen molar-refractivity contribution in [1.29, 1.82) is 0 Å². The number of nitrogens with one attached hydrogen (secondary N) is 2. The third-order valence-electron chi connectivity index (χ3n) is 2.33. The lowest BCUT2D eigenvalue weighted by Gasteiger charge is -2.06. The Balaban J connectivity index is 3.01. The van der Waals surface area contributed by atoms with E-state index in [0.717, 1.165) is 6.54 Å². The zero-order valence-electron chi connectivity index (χ0n) is 10.5. The average Bonchev–Trinajstić information content (AvgIpc) is 2.42. The van der Waals surface area contributed by atoms with Crippen molar-refractivity contribution in [3.05, 3.63) is 29.3 Å². The average molecular weight is 247 g/mol. The van der Waals surface area contributed by atoms with Crippen molar-refractivity contribution in [1.82, 2.24) is 10.7 Å². The zero-order chi connectivity index (χ0) is 13.4. The van der Waals surface area contributed by atoms with Crippen molar-refractivity contribution in [2.24, 2.45) is 5.84 Å². The number of hydrogen-bond acceptors (Lipinski definition) is 4. The van der Waals surface area contributed by atoms with Gasteiger partial charge in [0.1, 0.15) is 5.75 Å². The molecule has 0 aliphatic carbocycles. The maximum absolute atomic E-state index is 11.6. The Kier molecular flexibility index (Phi) is 5.71. The van der Waals surface area contributed by atoms with Gasteiger partial charge in [-0.05, 0) is 25.2 Å². The van der Waals surface area contributed by atoms with E-state index < -0.39 is 0 Å². The molecule has 5 nitrogen and oxygen atoms in total. The molecule has 0 atom stereocenters. The molecule has 0 unspecified atom stereocenters. The third kappa shape index (κ3) is 3.77. The number of nitrogens with two attached hydrogens (primary N) is 1. The van der Waals surface area contributed by atoms with Gasteiger partial charge < -0.3 is 10.1 Å². The maximum Gasteiger partial charge on any atom is 0.266 e. The van der Waals surface area contributed by atoms with Crippen LogP contribution in [0.25, 0.3) is 0 Å². The van der Waals surface area contributed by atoms with Crippen LogP contribution in [0.4, 0.5) is 0 Å². The fourth-order valence-corrected chi connectivity index (χ4v) is 1.37. The van der Waals surface area contributed by atoms with Gasteiger partial charge in [-0.2, -0.15) is 0 Å². The molecular weight excluding hydrogens is 230 g/mol. The largest absolute Gasteiger partial charge is 0.497 e. The molecule has 0 heterocycles. The number of carbonyl (C=O) groups excluding carboxylic acids is 1. The maximum atomic E-state index is 11.6. The second kappa shape index (κ2) is 7.33. The van der Waals surface area contributed by atoms with Crippen molar-refractivity contribution >= 4 is 5.91 Å². The normalized spacial score (nSPS) is 9.28. The number of methoxy groups -OCH3 is 1. The van der Waals surface area contributed by atoms with Crippen LogP contribution in [0.1, 0.15) is 22.3 Å². The van der Waals surface area contributed by atoms with Crippen LogP contribution in [0.5, 0.6) is 5.75 Å². The second-order valence-electron chi connectivity index (χ2n) is 3.54. The Morgan fingerprint density at radius 2 is 2.28 bits per heavy atom. The summed E-state index contributed by atoms with van der Waals surface area (Å²) in [5.74, 6) is 11.3. The van der Waals surface area contributed by atoms with Crippen LogP contribution in [0.3, 0.4) is 0 Å². The van der Waals surface area contributed by atoms with Crippen molar-refractivity contribution < 1.29 is 9.53 Å². The summed E-state index contributed by atoms with van der Waals surface area (Å²) in [5.41, 5.74) is 3.14. The van der Waals surface area contributed by atoms with Crippen LogP contribution in [-0.4, -0.2) is 26.6 Å². The molecule has 1 aromatic carbocycles. The summed E-state index contributed by atoms with van der Waals surface area (Å²) in [4.78, 5) is 11.6. The van der Waals surface area contributed by atoms with Gasteiger partial charge in [-0.15, -0.1) is 0 Å². The molecule has 0 aliphatic heterocycles. The standard InChI is InChI=1S/C13H17N3O2/c1-15-8-4-3-5-10-6-7-11(18-2)9-12(10)13(17)16-14/h6-7,9,15H,4,8,14H2,1-2H3,(H,16,17). The molecule has 4 N–H and O–H groups in total. The number of benzene rings is 1. The highest BCUT2D eigenvalue weighted by atomic mass is 16.5. The molecule has 0 bridgehead atoms. The summed E-state index contributed by atoms with van der Waals surface area (Å²) in [6.07, 6.45) is 0.714. The minimum Gasteiger partial charge on any atom is -0.497 e. The fraction of sp³-hybridized carbons (Fsp3) is 0.308. The van der Waals surface area contributed by atoms with Gasteiger partial charge in [-0.1, -0.05) is 11.8 Å². The van der Waals surface area contributed by atoms with Crippen LogP contribution in [0.2, 0.25) is 0 Å². The molecule has 5 heteroatoms. The smallest absolute Gasteiger partial charge is 0.266 e. The summed E-state index contributed by atoms with van der Waals surface area (Å²) in [7, 11) is 3.40. The van der Waals surface area contributed by atoms with E-state index in [1.165, 1.54) is 7.11 Å². The molecule has 1 amide bonds. The van der Waals surface area contributed by atoms with Gasteiger partial charge >= 0.3 is 0 Å². The van der Waals surface area contributed by atoms with Crippen LogP contribution in [0.15, 0.2) is 18.2 Å². The Morgan fingerprint density at radius 1 is 1.50 bits per heavy atom. The highest BCUT2D eigenvalue weighted by molar-refractivity contribution is 5.96. The molecule has 0 spiro atoms. The fourth-order valence-electron chi connectivity index (χ4n) is 1.37. The Hall–Kier alpha value is -2.03. The highest BCUT2D eigenvalue weighted by Crippen LogP contribution is 2.16. The van der Waals surface area contributed by atoms with E-state index in [-0.39, 0.29) is 5.91 Å². The first-order valence-electron chi connectivity index (χ1n) is 5.55. The summed E-state index contributed by atoms with van der Waals surface area (Å²) < 4.78 is 5.07. The van der Waals surface area contributed by atoms with Gasteiger partial charge in [0.2, 0.25) is 0 Å². The van der Waals surface area contributed by atoms with E-state index in [4.69, 9.17) is 10.6 Å². The molecule has 0 aliphatic rings. The van der Waals surface area contributed by atoms with E-state index in [9.17, 15) is 4.79 Å². The first-order chi connectivity index (χ1) is 8.72. The lowest BCUT2D eigenvalue weighted by Crippen LogP contribution is -2.30. The summed E-state index contributed by atoms with van der Waals surface area (Å²) in [6.45, 7) is 0.807. The lowest BCUT2D eigenvalue weighted by atomic mass is 10.1. The van der Waals surface area contributed by atoms with Crippen LogP contribution >= 0.6 is 0 Å². The van der Waals surface area contributed by atoms with Crippen LogP contribution < -0.4 is 21.3 Å². The summed E-state index contributed by atoms with van der Waals surface area (Å²) in [6, 6.07) is 5.12. The number of carbonyl (C=O) groups is 1. The van der Waals surface area contributed by atoms with E-state index in [0.29, 0.717) is 23.3 Å². The number of hydrogen-bond donors (Lipinski definition) is 3. The minimum absolute atomic E-state index is 0.383. The molecular formula is C13H17N3O2. The molecule has 1 aromatic rings. The number of hydrazine groups is 1. The van der Waals surface area contributed by atoms with E-state index in [1.54, 1.807) is 18.2 Å². The molecule has 0 aromatic heterocycles. The number of nitrogen functional groups attached to an aromatic ring is 1. The predicted octanol–water partition coefficient (Wildman–Crippen LogP) is 0.260. The number of rotatable bonds is 4. The predicted molar refractivity (Wildman–Crippen MR) is 70.1 cm³/mol. The summed E-state index contributed by atoms with van der Waals surface area (Å²) in [5, 5.41) is 3.00. The number of amides is 1. The van der Waals surface area contributed by atoms with Gasteiger partial charge in [0.25, 0.3) is 5.91 Å². The van der Waals surface area contributed by atoms with E-state index in [1.807, 2.05) is 7.05 Å². The topological polar surface area (TPSA) is 76.4 Å². The van der Waals surface area contributed by atoms with Gasteiger partial charge in [0.05, 0.1) is 12.7 Å². The van der Waals surface area contributed by atoms with Crippen molar-refractivity contribution in [2.75, 3.05) is 20.7 Å². The first-order valence-corrected chi connectivity index (χ1v) is 5.55. The van der Waals surface area contributed by atoms with Crippen LogP contribution in [0, 0.1) is 11.8 Å². The number of ether oxygens (including phenoxy) is 1. The van der Waals surface area contributed by atoms with Gasteiger partial charge in [-0.3, -0.25) is 10.2 Å². The van der Waals surface area contributed by atoms with E-state index >= 15 is 0 Å². The van der Waals surface area contributed by atoms with E-state index in [2.05, 4.69) is 22.6 Å². The molecule has 96 valence electrons. The second-order valence-corrected chi connectivity index (χ2v) is 3.54. The quantitative estimate of drug-likeness (QED) is 0.234. The zero-order valence-corrected chi connectivity index (χ0v) is 10.5.